The van der Waals surface area contributed by atoms with Crippen molar-refractivity contribution < 1.29 is 243 Å². The number of ether oxygens (including phenoxy) is 1. The summed E-state index contributed by atoms with van der Waals surface area (Å²) >= 11 is 0. The fourth-order valence-electron chi connectivity index (χ4n) is 2.63. The maximum atomic E-state index is 10.4. The van der Waals surface area contributed by atoms with Crippen molar-refractivity contribution in [3.05, 3.63) is 76.7 Å². The summed E-state index contributed by atoms with van der Waals surface area (Å²) < 4.78 is 4.94. The molecule has 2 aromatic rings. The zero-order valence-electron chi connectivity index (χ0n) is 21.7. The fourth-order valence-corrected chi connectivity index (χ4v) is 2.63. The molecule has 11 heteroatoms. The van der Waals surface area contributed by atoms with Gasteiger partial charge in [-0.1, -0.05) is 24.3 Å². The van der Waals surface area contributed by atoms with Gasteiger partial charge in [-0.3, -0.25) is 0 Å². The molecule has 166 valence electrons. The van der Waals surface area contributed by atoms with Crippen LogP contribution in [-0.2, 0) is 43.2 Å². The Morgan fingerprint density at radius 3 is 1.18 bits per heavy atom. The Kier molecular flexibility index (Phi) is 44.7. The number of rotatable bonds is 5. The molecule has 1 saturated heterocycles. The van der Waals surface area contributed by atoms with E-state index in [1.54, 1.807) is 36.4 Å². The van der Waals surface area contributed by atoms with Crippen molar-refractivity contribution in [1.82, 2.24) is 0 Å². The first-order chi connectivity index (χ1) is 13.6. The summed E-state index contributed by atoms with van der Waals surface area (Å²) in [5.74, 6) is 0. The van der Waals surface area contributed by atoms with E-state index in [1.165, 1.54) is 12.8 Å². The van der Waals surface area contributed by atoms with Gasteiger partial charge in [0.15, 0.2) is 0 Å². The predicted molar refractivity (Wildman–Crippen MR) is 109 cm³/mol. The zero-order chi connectivity index (χ0) is 20.8. The SMILES string of the molecule is C1CCOC1.OCc1cc(CO)cc(CO)c1.[CH2-]c1cc(C[O-])cc(C[O-])c1.[H-].[K+].[K+].[K+].[K+].[OH3+]. The van der Waals surface area contributed by atoms with Crippen molar-refractivity contribution in [3.8, 4) is 0 Å². The van der Waals surface area contributed by atoms with Gasteiger partial charge in [0.25, 0.3) is 0 Å². The van der Waals surface area contributed by atoms with E-state index in [2.05, 4.69) is 6.92 Å². The van der Waals surface area contributed by atoms with Crippen LogP contribution in [0.15, 0.2) is 36.4 Å². The predicted octanol–water partition coefficient (Wildman–Crippen LogP) is -12.2. The van der Waals surface area contributed by atoms with Crippen molar-refractivity contribution >= 4 is 0 Å². The molecule has 1 aliphatic heterocycles. The molecular formula is C22H33K4O7+. The number of aliphatic hydroxyl groups excluding tert-OH is 3. The number of hydrogen-bond acceptors (Lipinski definition) is 6. The van der Waals surface area contributed by atoms with E-state index in [9.17, 15) is 10.2 Å². The minimum Gasteiger partial charge on any atom is -1.00 e. The molecule has 0 aromatic heterocycles. The minimum atomic E-state index is -0.281. The van der Waals surface area contributed by atoms with Gasteiger partial charge in [-0.25, -0.2) is 0 Å². The van der Waals surface area contributed by atoms with Crippen molar-refractivity contribution in [1.29, 1.82) is 0 Å². The van der Waals surface area contributed by atoms with Crippen LogP contribution in [0.25, 0.3) is 0 Å². The molecule has 1 fully saturated rings. The Morgan fingerprint density at radius 2 is 0.970 bits per heavy atom. The molecule has 2 aromatic carbocycles. The molecule has 0 bridgehead atoms. The maximum absolute atomic E-state index is 10.4. The van der Waals surface area contributed by atoms with E-state index in [0.29, 0.717) is 27.8 Å². The van der Waals surface area contributed by atoms with Gasteiger partial charge in [-0.15, -0.1) is 24.3 Å². The average Bonchev–Trinajstić information content (AvgIpc) is 3.33. The Bertz CT molecular complexity index is 624. The van der Waals surface area contributed by atoms with Crippen molar-refractivity contribution in [3.63, 3.8) is 0 Å². The van der Waals surface area contributed by atoms with Crippen molar-refractivity contribution in [2.24, 2.45) is 0 Å². The molecule has 0 saturated carbocycles. The molecule has 0 spiro atoms. The van der Waals surface area contributed by atoms with Gasteiger partial charge in [0, 0.05) is 13.2 Å². The topological polar surface area (TPSA) is 149 Å². The van der Waals surface area contributed by atoms with Crippen LogP contribution in [0.3, 0.4) is 0 Å². The molecule has 0 unspecified atom stereocenters. The summed E-state index contributed by atoms with van der Waals surface area (Å²) in [6.07, 6.45) is 2.56. The van der Waals surface area contributed by atoms with E-state index in [-0.39, 0.29) is 245 Å². The third-order valence-electron chi connectivity index (χ3n) is 3.93. The van der Waals surface area contributed by atoms with Gasteiger partial charge in [0.1, 0.15) is 0 Å². The van der Waals surface area contributed by atoms with Gasteiger partial charge in [-0.2, -0.15) is 24.6 Å². The molecule has 0 radical (unpaired) electrons. The summed E-state index contributed by atoms with van der Waals surface area (Å²) in [7, 11) is 0. The molecule has 6 N–H and O–H groups in total. The molecular weight excluding hydrogens is 533 g/mol. The number of hydrogen-bond donors (Lipinski definition) is 3. The molecule has 1 heterocycles. The molecule has 0 atom stereocenters. The maximum Gasteiger partial charge on any atom is 1.00 e. The molecule has 1 aliphatic rings. The van der Waals surface area contributed by atoms with Crippen molar-refractivity contribution in [2.45, 2.75) is 45.9 Å². The summed E-state index contributed by atoms with van der Waals surface area (Å²) in [5.41, 5.74) is 4.16. The first kappa shape index (κ1) is 47.4. The number of benzene rings is 2. The van der Waals surface area contributed by atoms with Gasteiger partial charge in [0.05, 0.1) is 19.8 Å². The van der Waals surface area contributed by atoms with E-state index >= 15 is 0 Å². The van der Waals surface area contributed by atoms with E-state index < -0.39 is 0 Å². The monoisotopic (exact) mass is 565 g/mol. The quantitative estimate of drug-likeness (QED) is 0.186. The van der Waals surface area contributed by atoms with E-state index in [1.807, 2.05) is 0 Å². The second-order valence-electron chi connectivity index (χ2n) is 6.40. The second kappa shape index (κ2) is 31.1. The Hall–Kier alpha value is 4.58. The van der Waals surface area contributed by atoms with Crippen LogP contribution in [0.4, 0.5) is 0 Å². The largest absolute Gasteiger partial charge is 1.00 e. The molecule has 33 heavy (non-hydrogen) atoms. The van der Waals surface area contributed by atoms with Crippen LogP contribution in [0, 0.1) is 6.92 Å². The van der Waals surface area contributed by atoms with Crippen LogP contribution in [-0.4, -0.2) is 28.5 Å². The Morgan fingerprint density at radius 1 is 0.667 bits per heavy atom. The zero-order valence-corrected chi connectivity index (χ0v) is 33.2. The van der Waals surface area contributed by atoms with Crippen molar-refractivity contribution in [2.75, 3.05) is 13.2 Å². The third-order valence-corrected chi connectivity index (χ3v) is 3.93. The van der Waals surface area contributed by atoms with Crippen LogP contribution in [0.5, 0.6) is 0 Å². The van der Waals surface area contributed by atoms with Gasteiger partial charge < -0.3 is 37.2 Å². The summed E-state index contributed by atoms with van der Waals surface area (Å²) in [5, 5.41) is 47.3. The first-order valence-corrected chi connectivity index (χ1v) is 9.19. The second-order valence-corrected chi connectivity index (χ2v) is 6.40. The molecule has 0 aliphatic carbocycles. The molecule has 7 nitrogen and oxygen atoms in total. The third kappa shape index (κ3) is 23.0. The summed E-state index contributed by atoms with van der Waals surface area (Å²) in [6, 6.07) is 10.2. The van der Waals surface area contributed by atoms with Crippen LogP contribution in [0.2, 0.25) is 0 Å². The van der Waals surface area contributed by atoms with Crippen LogP contribution >= 0.6 is 0 Å². The average molecular weight is 566 g/mol. The van der Waals surface area contributed by atoms with E-state index in [0.717, 1.165) is 18.8 Å². The number of aliphatic hydroxyl groups is 3. The summed E-state index contributed by atoms with van der Waals surface area (Å²) in [6.45, 7) is 4.89. The normalized spacial score (nSPS) is 10.7. The minimum absolute atomic E-state index is 0. The smallest absolute Gasteiger partial charge is 1.00 e. The Balaban J connectivity index is -0.0000000837. The summed E-state index contributed by atoms with van der Waals surface area (Å²) in [4.78, 5) is 0. The van der Waals surface area contributed by atoms with Gasteiger partial charge in [0.2, 0.25) is 0 Å². The van der Waals surface area contributed by atoms with Crippen LogP contribution in [0.1, 0.15) is 47.6 Å². The first-order valence-electron chi connectivity index (χ1n) is 9.19. The molecule has 0 amide bonds. The van der Waals surface area contributed by atoms with Gasteiger partial charge >= 0.3 is 206 Å². The Labute approximate surface area is 369 Å². The van der Waals surface area contributed by atoms with Crippen LogP contribution < -0.4 is 216 Å². The van der Waals surface area contributed by atoms with E-state index in [4.69, 9.17) is 20.1 Å². The molecule has 3 rings (SSSR count). The standard InChI is InChI=1S/C9H12O3.C9H9O2.C4H8O.4K.H2O.H/c10-4-7-1-8(5-11)3-9(2-7)6-12;1-7-2-8(5-10)4-9(3-7)6-11;1-2-4-5-3-1;;;;;;/h1-3,10-12H,4-6H2;2-4H,1,5-6H2;1-4H2;;;;;1H2;/q;-3;;4*+1;;-1/p+1. The van der Waals surface area contributed by atoms with Gasteiger partial charge in [-0.05, 0) is 29.5 Å². The fraction of sp³-hybridized carbons (Fsp3) is 0.409.